The predicted octanol–water partition coefficient (Wildman–Crippen LogP) is 0.713. The van der Waals surface area contributed by atoms with Gasteiger partial charge in [0.15, 0.2) is 11.6 Å². The van der Waals surface area contributed by atoms with Gasteiger partial charge >= 0.3 is 0 Å². The Morgan fingerprint density at radius 1 is 1.24 bits per heavy atom. The Morgan fingerprint density at radius 3 is 2.67 bits per heavy atom. The minimum absolute atomic E-state index is 0.229. The van der Waals surface area contributed by atoms with E-state index < -0.39 is 0 Å². The van der Waals surface area contributed by atoms with Crippen LogP contribution in [0.4, 0.5) is 17.3 Å². The number of nitrogen functional groups attached to an aromatic ring is 1. The molecule has 7 nitrogen and oxygen atoms in total. The molecule has 0 spiro atoms. The molecule has 21 heavy (non-hydrogen) atoms. The molecule has 4 N–H and O–H groups in total. The Balaban J connectivity index is 1.80. The molecule has 0 aromatic carbocycles. The highest BCUT2D eigenvalue weighted by Gasteiger charge is 2.21. The summed E-state index contributed by atoms with van der Waals surface area (Å²) < 4.78 is 5.37. The van der Waals surface area contributed by atoms with E-state index >= 15 is 0 Å². The lowest BCUT2D eigenvalue weighted by Gasteiger charge is -2.30. The molecule has 1 aromatic rings. The lowest BCUT2D eigenvalue weighted by molar-refractivity contribution is 0.0904. The minimum Gasteiger partial charge on any atom is -0.393 e. The Labute approximate surface area is 129 Å². The highest BCUT2D eigenvalue weighted by molar-refractivity contribution is 6.28. The summed E-state index contributed by atoms with van der Waals surface area (Å²) in [7, 11) is 0. The third-order valence-corrected chi connectivity index (χ3v) is 4.05. The van der Waals surface area contributed by atoms with Gasteiger partial charge in [-0.25, -0.2) is 0 Å². The SMILES string of the molecule is Nc1c(NC2CCOCC2)nc(Cl)nc1N1CCNCC1. The molecular weight excluding hydrogens is 292 g/mol. The molecule has 0 bridgehead atoms. The summed E-state index contributed by atoms with van der Waals surface area (Å²) >= 11 is 6.07. The van der Waals surface area contributed by atoms with Gasteiger partial charge in [0.05, 0.1) is 0 Å². The monoisotopic (exact) mass is 312 g/mol. The van der Waals surface area contributed by atoms with Gasteiger partial charge in [-0.2, -0.15) is 9.97 Å². The first-order valence-corrected chi connectivity index (χ1v) is 7.75. The molecule has 0 aliphatic carbocycles. The fourth-order valence-electron chi connectivity index (χ4n) is 2.69. The standard InChI is InChI=1S/C13H21ClN6O/c14-13-18-11(17-9-1-7-21-8-2-9)10(15)12(19-13)20-5-3-16-4-6-20/h9,16H,1-8,15H2,(H,17,18,19). The van der Waals surface area contributed by atoms with E-state index in [1.54, 1.807) is 0 Å². The van der Waals surface area contributed by atoms with Crippen molar-refractivity contribution in [1.82, 2.24) is 15.3 Å². The lowest BCUT2D eigenvalue weighted by atomic mass is 10.1. The number of hydrogen-bond donors (Lipinski definition) is 3. The van der Waals surface area contributed by atoms with Crippen molar-refractivity contribution in [3.63, 3.8) is 0 Å². The average molecular weight is 313 g/mol. The van der Waals surface area contributed by atoms with Crippen LogP contribution in [-0.4, -0.2) is 55.4 Å². The van der Waals surface area contributed by atoms with E-state index in [9.17, 15) is 0 Å². The Morgan fingerprint density at radius 2 is 1.95 bits per heavy atom. The molecule has 0 saturated carbocycles. The van der Waals surface area contributed by atoms with Crippen molar-refractivity contribution in [3.05, 3.63) is 5.28 Å². The van der Waals surface area contributed by atoms with Crippen molar-refractivity contribution < 1.29 is 4.74 Å². The van der Waals surface area contributed by atoms with Crippen LogP contribution < -0.4 is 21.3 Å². The number of aromatic nitrogens is 2. The van der Waals surface area contributed by atoms with Crippen LogP contribution in [0, 0.1) is 0 Å². The van der Waals surface area contributed by atoms with Crippen LogP contribution in [0.15, 0.2) is 0 Å². The molecule has 1 aromatic heterocycles. The van der Waals surface area contributed by atoms with Crippen molar-refractivity contribution in [3.8, 4) is 0 Å². The smallest absolute Gasteiger partial charge is 0.226 e. The van der Waals surface area contributed by atoms with Gasteiger partial charge in [-0.1, -0.05) is 0 Å². The van der Waals surface area contributed by atoms with E-state index in [-0.39, 0.29) is 5.28 Å². The Bertz CT molecular complexity index is 488. The third kappa shape index (κ3) is 3.48. The molecule has 116 valence electrons. The van der Waals surface area contributed by atoms with Crippen LogP contribution in [0.2, 0.25) is 5.28 Å². The number of hydrogen-bond acceptors (Lipinski definition) is 7. The number of piperazine rings is 1. The van der Waals surface area contributed by atoms with Crippen molar-refractivity contribution in [2.45, 2.75) is 18.9 Å². The lowest BCUT2D eigenvalue weighted by Crippen LogP contribution is -2.44. The summed E-state index contributed by atoms with van der Waals surface area (Å²) in [5.41, 5.74) is 6.84. The van der Waals surface area contributed by atoms with Gasteiger partial charge in [-0.3, -0.25) is 0 Å². The topological polar surface area (TPSA) is 88.3 Å². The van der Waals surface area contributed by atoms with Crippen molar-refractivity contribution in [2.75, 3.05) is 55.3 Å². The maximum Gasteiger partial charge on any atom is 0.226 e. The number of nitrogens with zero attached hydrogens (tertiary/aromatic N) is 3. The molecule has 0 radical (unpaired) electrons. The molecule has 2 saturated heterocycles. The van der Waals surface area contributed by atoms with Gasteiger partial charge in [0.1, 0.15) is 5.69 Å². The largest absolute Gasteiger partial charge is 0.393 e. The summed E-state index contributed by atoms with van der Waals surface area (Å²) in [4.78, 5) is 10.7. The van der Waals surface area contributed by atoms with Crippen LogP contribution >= 0.6 is 11.6 Å². The van der Waals surface area contributed by atoms with Crippen molar-refractivity contribution >= 4 is 28.9 Å². The third-order valence-electron chi connectivity index (χ3n) is 3.88. The number of halogens is 1. The molecule has 2 fully saturated rings. The fraction of sp³-hybridized carbons (Fsp3) is 0.692. The van der Waals surface area contributed by atoms with Gasteiger partial charge < -0.3 is 26.0 Å². The zero-order valence-corrected chi connectivity index (χ0v) is 12.7. The van der Waals surface area contributed by atoms with E-state index in [4.69, 9.17) is 22.1 Å². The van der Waals surface area contributed by atoms with Gasteiger partial charge in [0.2, 0.25) is 5.28 Å². The number of nitrogens with one attached hydrogen (secondary N) is 2. The summed E-state index contributed by atoms with van der Waals surface area (Å²) in [6, 6.07) is 0.322. The molecule has 2 aliphatic rings. The molecule has 2 aliphatic heterocycles. The normalized spacial score (nSPS) is 20.5. The first-order valence-electron chi connectivity index (χ1n) is 7.37. The summed E-state index contributed by atoms with van der Waals surface area (Å²) in [6.07, 6.45) is 1.90. The van der Waals surface area contributed by atoms with Crippen molar-refractivity contribution in [2.24, 2.45) is 0 Å². The minimum atomic E-state index is 0.229. The molecule has 0 atom stereocenters. The van der Waals surface area contributed by atoms with E-state index in [1.165, 1.54) is 0 Å². The fourth-order valence-corrected chi connectivity index (χ4v) is 2.86. The van der Waals surface area contributed by atoms with Crippen LogP contribution in [-0.2, 0) is 4.74 Å². The van der Waals surface area contributed by atoms with Gasteiger partial charge in [-0.05, 0) is 24.4 Å². The predicted molar refractivity (Wildman–Crippen MR) is 84.0 cm³/mol. The quantitative estimate of drug-likeness (QED) is 0.708. The second-order valence-corrected chi connectivity index (χ2v) is 5.68. The van der Waals surface area contributed by atoms with Crippen LogP contribution in [0.3, 0.4) is 0 Å². The van der Waals surface area contributed by atoms with Gasteiger partial charge in [0, 0.05) is 45.4 Å². The first kappa shape index (κ1) is 14.6. The van der Waals surface area contributed by atoms with E-state index in [2.05, 4.69) is 25.5 Å². The van der Waals surface area contributed by atoms with E-state index in [0.717, 1.165) is 58.1 Å². The van der Waals surface area contributed by atoms with Gasteiger partial charge in [0.25, 0.3) is 0 Å². The molecule has 3 heterocycles. The average Bonchev–Trinajstić information content (AvgIpc) is 2.52. The van der Waals surface area contributed by atoms with E-state index in [1.807, 2.05) is 0 Å². The van der Waals surface area contributed by atoms with Crippen LogP contribution in [0.25, 0.3) is 0 Å². The molecule has 3 rings (SSSR count). The zero-order valence-electron chi connectivity index (χ0n) is 11.9. The van der Waals surface area contributed by atoms with Crippen LogP contribution in [0.1, 0.15) is 12.8 Å². The first-order chi connectivity index (χ1) is 10.2. The van der Waals surface area contributed by atoms with E-state index in [0.29, 0.717) is 17.5 Å². The maximum atomic E-state index is 6.26. The second-order valence-electron chi connectivity index (χ2n) is 5.35. The second kappa shape index (κ2) is 6.64. The number of anilines is 3. The zero-order chi connectivity index (χ0) is 14.7. The van der Waals surface area contributed by atoms with Crippen molar-refractivity contribution in [1.29, 1.82) is 0 Å². The number of ether oxygens (including phenoxy) is 1. The Hall–Kier alpha value is -1.31. The Kier molecular flexibility index (Phi) is 4.62. The highest BCUT2D eigenvalue weighted by Crippen LogP contribution is 2.30. The summed E-state index contributed by atoms with van der Waals surface area (Å²) in [5.74, 6) is 1.36. The molecule has 0 unspecified atom stereocenters. The molecule has 8 heteroatoms. The summed E-state index contributed by atoms with van der Waals surface area (Å²) in [5, 5.41) is 6.93. The molecular formula is C13H21ClN6O. The number of nitrogens with two attached hydrogens (primary N) is 1. The molecule has 0 amide bonds. The summed E-state index contributed by atoms with van der Waals surface area (Å²) in [6.45, 7) is 5.11. The number of rotatable bonds is 3. The van der Waals surface area contributed by atoms with Crippen LogP contribution in [0.5, 0.6) is 0 Å². The van der Waals surface area contributed by atoms with Gasteiger partial charge in [-0.15, -0.1) is 0 Å². The maximum absolute atomic E-state index is 6.26. The highest BCUT2D eigenvalue weighted by atomic mass is 35.5.